The molecule has 25 heavy (non-hydrogen) atoms. The number of para-hydroxylation sites is 1. The molecule has 2 aromatic rings. The largest absolute Gasteiger partial charge is 0.487 e. The predicted molar refractivity (Wildman–Crippen MR) is 92.2 cm³/mol. The zero-order valence-electron chi connectivity index (χ0n) is 14.8. The van der Waals surface area contributed by atoms with E-state index in [0.717, 1.165) is 29.4 Å². The Morgan fingerprint density at radius 2 is 2.12 bits per heavy atom. The van der Waals surface area contributed by atoms with Crippen molar-refractivity contribution in [1.82, 2.24) is 25.0 Å². The van der Waals surface area contributed by atoms with E-state index < -0.39 is 0 Å². The molecule has 132 valence electrons. The lowest BCUT2D eigenvalue weighted by atomic mass is 9.90. The summed E-state index contributed by atoms with van der Waals surface area (Å²) in [6, 6.07) is 7.79. The minimum Gasteiger partial charge on any atom is -0.487 e. The van der Waals surface area contributed by atoms with Crippen LogP contribution in [0, 0.1) is 6.92 Å². The molecule has 1 unspecified atom stereocenters. The van der Waals surface area contributed by atoms with E-state index in [-0.39, 0.29) is 17.7 Å². The number of nitrogens with one attached hydrogen (secondary N) is 1. The highest BCUT2D eigenvalue weighted by atomic mass is 16.5. The average molecular weight is 341 g/mol. The van der Waals surface area contributed by atoms with Gasteiger partial charge in [-0.1, -0.05) is 18.2 Å². The van der Waals surface area contributed by atoms with Gasteiger partial charge in [0.1, 0.15) is 23.0 Å². The van der Waals surface area contributed by atoms with Gasteiger partial charge in [-0.05, 0) is 26.8 Å². The Kier molecular flexibility index (Phi) is 3.67. The van der Waals surface area contributed by atoms with Crippen LogP contribution in [-0.4, -0.2) is 37.8 Å². The summed E-state index contributed by atoms with van der Waals surface area (Å²) in [6.45, 7) is 7.77. The standard InChI is InChI=1S/C18H23N5O2/c1-12-19-16-11-22(8-9-23(16)21-12)17(24)20-14-10-18(2,3)25-15-7-5-4-6-13(14)15/h4-7,14H,8-11H2,1-3H3,(H,20,24). The van der Waals surface area contributed by atoms with E-state index in [4.69, 9.17) is 4.74 Å². The molecule has 0 aliphatic carbocycles. The Labute approximate surface area is 147 Å². The maximum absolute atomic E-state index is 12.8. The minimum atomic E-state index is -0.314. The molecule has 1 N–H and O–H groups in total. The summed E-state index contributed by atoms with van der Waals surface area (Å²) in [7, 11) is 0. The fourth-order valence-electron chi connectivity index (χ4n) is 3.61. The summed E-state index contributed by atoms with van der Waals surface area (Å²) in [5.74, 6) is 2.43. The van der Waals surface area contributed by atoms with Crippen LogP contribution in [0.1, 0.15) is 43.5 Å². The number of aromatic nitrogens is 3. The Morgan fingerprint density at radius 1 is 1.32 bits per heavy atom. The maximum Gasteiger partial charge on any atom is 0.318 e. The van der Waals surface area contributed by atoms with Gasteiger partial charge in [0.25, 0.3) is 0 Å². The normalized spacial score (nSPS) is 21.1. The number of carbonyl (C=O) groups is 1. The number of hydrogen-bond acceptors (Lipinski definition) is 4. The molecule has 1 atom stereocenters. The van der Waals surface area contributed by atoms with Crippen LogP contribution in [0.15, 0.2) is 24.3 Å². The number of nitrogens with zero attached hydrogens (tertiary/aromatic N) is 4. The van der Waals surface area contributed by atoms with E-state index >= 15 is 0 Å². The highest BCUT2D eigenvalue weighted by molar-refractivity contribution is 5.75. The van der Waals surface area contributed by atoms with Crippen molar-refractivity contribution >= 4 is 6.03 Å². The minimum absolute atomic E-state index is 0.0611. The third-order valence-corrected chi connectivity index (χ3v) is 4.73. The van der Waals surface area contributed by atoms with E-state index in [2.05, 4.69) is 15.4 Å². The Bertz CT molecular complexity index is 814. The quantitative estimate of drug-likeness (QED) is 0.864. The van der Waals surface area contributed by atoms with Crippen molar-refractivity contribution in [3.05, 3.63) is 41.5 Å². The van der Waals surface area contributed by atoms with E-state index in [9.17, 15) is 4.79 Å². The number of ether oxygens (including phenoxy) is 1. The van der Waals surface area contributed by atoms with Gasteiger partial charge in [-0.25, -0.2) is 14.5 Å². The van der Waals surface area contributed by atoms with Crippen molar-refractivity contribution in [2.45, 2.75) is 51.9 Å². The molecular formula is C18H23N5O2. The van der Waals surface area contributed by atoms with Gasteiger partial charge in [0.2, 0.25) is 0 Å². The zero-order valence-corrected chi connectivity index (χ0v) is 14.8. The first-order valence-corrected chi connectivity index (χ1v) is 8.65. The number of carbonyl (C=O) groups excluding carboxylic acids is 1. The average Bonchev–Trinajstić information content (AvgIpc) is 2.92. The van der Waals surface area contributed by atoms with Crippen LogP contribution in [0.2, 0.25) is 0 Å². The van der Waals surface area contributed by atoms with E-state index in [1.165, 1.54) is 0 Å². The molecule has 1 aromatic carbocycles. The highest BCUT2D eigenvalue weighted by Gasteiger charge is 2.35. The van der Waals surface area contributed by atoms with Crippen LogP contribution >= 0.6 is 0 Å². The van der Waals surface area contributed by atoms with Crippen LogP contribution in [0.4, 0.5) is 4.79 Å². The first kappa shape index (κ1) is 15.9. The summed E-state index contributed by atoms with van der Waals surface area (Å²) < 4.78 is 7.92. The summed E-state index contributed by atoms with van der Waals surface area (Å²) in [5, 5.41) is 7.53. The molecule has 0 fully saturated rings. The van der Waals surface area contributed by atoms with Gasteiger partial charge < -0.3 is 15.0 Å². The van der Waals surface area contributed by atoms with Crippen molar-refractivity contribution in [2.75, 3.05) is 6.54 Å². The lowest BCUT2D eigenvalue weighted by molar-refractivity contribution is 0.0660. The van der Waals surface area contributed by atoms with Gasteiger partial charge in [-0.2, -0.15) is 5.10 Å². The van der Waals surface area contributed by atoms with Crippen molar-refractivity contribution in [3.63, 3.8) is 0 Å². The molecule has 3 heterocycles. The number of aryl methyl sites for hydroxylation is 1. The van der Waals surface area contributed by atoms with Gasteiger partial charge in [0.05, 0.1) is 19.1 Å². The molecular weight excluding hydrogens is 318 g/mol. The number of fused-ring (bicyclic) bond motifs is 2. The lowest BCUT2D eigenvalue weighted by Crippen LogP contribution is -2.48. The van der Waals surface area contributed by atoms with Crippen LogP contribution in [0.25, 0.3) is 0 Å². The van der Waals surface area contributed by atoms with E-state index in [0.29, 0.717) is 19.6 Å². The van der Waals surface area contributed by atoms with Gasteiger partial charge >= 0.3 is 6.03 Å². The highest BCUT2D eigenvalue weighted by Crippen LogP contribution is 2.39. The Balaban J connectivity index is 1.51. The number of benzene rings is 1. The second-order valence-corrected chi connectivity index (χ2v) is 7.33. The van der Waals surface area contributed by atoms with Gasteiger partial charge in [0.15, 0.2) is 0 Å². The number of urea groups is 1. The van der Waals surface area contributed by atoms with Gasteiger partial charge in [-0.15, -0.1) is 0 Å². The first-order chi connectivity index (χ1) is 11.9. The number of rotatable bonds is 1. The third kappa shape index (κ3) is 3.06. The molecule has 4 rings (SSSR count). The van der Waals surface area contributed by atoms with Crippen LogP contribution in [-0.2, 0) is 13.1 Å². The van der Waals surface area contributed by atoms with Crippen molar-refractivity contribution in [3.8, 4) is 5.75 Å². The second-order valence-electron chi connectivity index (χ2n) is 7.33. The molecule has 0 radical (unpaired) electrons. The van der Waals surface area contributed by atoms with Crippen LogP contribution in [0.5, 0.6) is 5.75 Å². The van der Waals surface area contributed by atoms with Gasteiger partial charge in [-0.3, -0.25) is 0 Å². The van der Waals surface area contributed by atoms with E-state index in [1.54, 1.807) is 4.90 Å². The first-order valence-electron chi connectivity index (χ1n) is 8.65. The molecule has 0 saturated heterocycles. The molecule has 7 nitrogen and oxygen atoms in total. The molecule has 7 heteroatoms. The summed E-state index contributed by atoms with van der Waals surface area (Å²) in [4.78, 5) is 19.0. The molecule has 0 saturated carbocycles. The topological polar surface area (TPSA) is 72.3 Å². The molecule has 2 aliphatic heterocycles. The lowest BCUT2D eigenvalue weighted by Gasteiger charge is -2.38. The van der Waals surface area contributed by atoms with Crippen LogP contribution < -0.4 is 10.1 Å². The predicted octanol–water partition coefficient (Wildman–Crippen LogP) is 2.41. The maximum atomic E-state index is 12.8. The fraction of sp³-hybridized carbons (Fsp3) is 0.500. The zero-order chi connectivity index (χ0) is 17.6. The van der Waals surface area contributed by atoms with Crippen LogP contribution in [0.3, 0.4) is 0 Å². The van der Waals surface area contributed by atoms with Crippen molar-refractivity contribution in [2.24, 2.45) is 0 Å². The van der Waals surface area contributed by atoms with Gasteiger partial charge in [0, 0.05) is 18.5 Å². The molecule has 0 bridgehead atoms. The molecule has 1 aromatic heterocycles. The molecule has 0 spiro atoms. The Morgan fingerprint density at radius 3 is 2.96 bits per heavy atom. The smallest absolute Gasteiger partial charge is 0.318 e. The SMILES string of the molecule is Cc1nc2n(n1)CCN(C(=O)NC1CC(C)(C)Oc3ccccc31)C2. The third-order valence-electron chi connectivity index (χ3n) is 4.73. The summed E-state index contributed by atoms with van der Waals surface area (Å²) >= 11 is 0. The molecule has 2 aliphatic rings. The summed E-state index contributed by atoms with van der Waals surface area (Å²) in [5.41, 5.74) is 0.720. The fourth-order valence-corrected chi connectivity index (χ4v) is 3.61. The number of amides is 2. The molecule has 2 amide bonds. The Hall–Kier alpha value is -2.57. The number of hydrogen-bond donors (Lipinski definition) is 1. The van der Waals surface area contributed by atoms with E-state index in [1.807, 2.05) is 49.7 Å². The summed E-state index contributed by atoms with van der Waals surface area (Å²) in [6.07, 6.45) is 0.735. The monoisotopic (exact) mass is 341 g/mol. The van der Waals surface area contributed by atoms with Crippen molar-refractivity contribution in [1.29, 1.82) is 0 Å². The second kappa shape index (κ2) is 5.75. The van der Waals surface area contributed by atoms with Crippen molar-refractivity contribution < 1.29 is 9.53 Å².